The maximum atomic E-state index is 14.1. The Balaban J connectivity index is 2.10. The summed E-state index contributed by atoms with van der Waals surface area (Å²) < 4.78 is 19.3. The van der Waals surface area contributed by atoms with Crippen molar-refractivity contribution in [3.05, 3.63) is 29.6 Å². The van der Waals surface area contributed by atoms with Crippen LogP contribution in [0.2, 0.25) is 0 Å². The summed E-state index contributed by atoms with van der Waals surface area (Å²) in [6.45, 7) is 4.20. The number of morpholine rings is 1. The van der Waals surface area contributed by atoms with Crippen LogP contribution in [0.3, 0.4) is 0 Å². The van der Waals surface area contributed by atoms with E-state index < -0.39 is 11.9 Å². The minimum Gasteiger partial charge on any atom is -0.481 e. The standard InChI is InChI=1S/C14H18FNO3/c1-10(14(17)18)8-11-2-3-13(12(15)9-11)16-4-6-19-7-5-16/h2-3,9-10H,4-8H2,1H3,(H,17,18). The summed E-state index contributed by atoms with van der Waals surface area (Å²) in [5.74, 6) is -1.66. The van der Waals surface area contributed by atoms with Gasteiger partial charge in [0, 0.05) is 13.1 Å². The maximum absolute atomic E-state index is 14.1. The van der Waals surface area contributed by atoms with Crippen molar-refractivity contribution in [2.24, 2.45) is 5.92 Å². The van der Waals surface area contributed by atoms with E-state index in [1.165, 1.54) is 6.07 Å². The highest BCUT2D eigenvalue weighted by molar-refractivity contribution is 5.70. The summed E-state index contributed by atoms with van der Waals surface area (Å²) in [6, 6.07) is 4.96. The zero-order valence-corrected chi connectivity index (χ0v) is 10.9. The molecule has 2 rings (SSSR count). The molecular formula is C14H18FNO3. The number of hydrogen-bond acceptors (Lipinski definition) is 3. The molecule has 1 saturated heterocycles. The van der Waals surface area contributed by atoms with Crippen LogP contribution >= 0.6 is 0 Å². The Labute approximate surface area is 111 Å². The minimum atomic E-state index is -0.863. The van der Waals surface area contributed by atoms with Gasteiger partial charge in [-0.15, -0.1) is 0 Å². The van der Waals surface area contributed by atoms with Crippen LogP contribution < -0.4 is 4.90 Å². The van der Waals surface area contributed by atoms with E-state index in [1.807, 2.05) is 4.90 Å². The molecule has 1 fully saturated rings. The Kier molecular flexibility index (Phi) is 4.37. The highest BCUT2D eigenvalue weighted by atomic mass is 19.1. The van der Waals surface area contributed by atoms with Crippen LogP contribution in [0.15, 0.2) is 18.2 Å². The van der Waals surface area contributed by atoms with Gasteiger partial charge in [0.15, 0.2) is 0 Å². The van der Waals surface area contributed by atoms with Crippen LogP contribution in [0, 0.1) is 11.7 Å². The molecular weight excluding hydrogens is 249 g/mol. The second kappa shape index (κ2) is 6.02. The second-order valence-electron chi connectivity index (χ2n) is 4.83. The number of carboxylic acids is 1. The van der Waals surface area contributed by atoms with Crippen LogP contribution in [0.5, 0.6) is 0 Å². The minimum absolute atomic E-state index is 0.294. The Bertz CT molecular complexity index is 458. The molecule has 0 radical (unpaired) electrons. The lowest BCUT2D eigenvalue weighted by molar-refractivity contribution is -0.141. The molecule has 4 nitrogen and oxygen atoms in total. The molecule has 0 bridgehead atoms. The highest BCUT2D eigenvalue weighted by Gasteiger charge is 2.17. The molecule has 1 aliphatic rings. The van der Waals surface area contributed by atoms with Gasteiger partial charge in [-0.3, -0.25) is 4.79 Å². The van der Waals surface area contributed by atoms with Crippen molar-refractivity contribution < 1.29 is 19.0 Å². The van der Waals surface area contributed by atoms with Crippen molar-refractivity contribution >= 4 is 11.7 Å². The number of anilines is 1. The zero-order valence-electron chi connectivity index (χ0n) is 10.9. The predicted octanol–water partition coefficient (Wildman–Crippen LogP) is 1.93. The molecule has 1 unspecified atom stereocenters. The third-order valence-electron chi connectivity index (χ3n) is 3.33. The van der Waals surface area contributed by atoms with Crippen molar-refractivity contribution in [3.63, 3.8) is 0 Å². The molecule has 1 aromatic carbocycles. The van der Waals surface area contributed by atoms with Gasteiger partial charge in [-0.25, -0.2) is 4.39 Å². The predicted molar refractivity (Wildman–Crippen MR) is 69.9 cm³/mol. The number of halogens is 1. The van der Waals surface area contributed by atoms with Gasteiger partial charge in [0.05, 0.1) is 24.8 Å². The third kappa shape index (κ3) is 3.44. The largest absolute Gasteiger partial charge is 0.481 e. The molecule has 5 heteroatoms. The summed E-state index contributed by atoms with van der Waals surface area (Å²) in [5, 5.41) is 8.86. The van der Waals surface area contributed by atoms with Gasteiger partial charge in [-0.2, -0.15) is 0 Å². The van der Waals surface area contributed by atoms with E-state index in [9.17, 15) is 9.18 Å². The number of nitrogens with zero attached hydrogens (tertiary/aromatic N) is 1. The number of carboxylic acid groups (broad SMARTS) is 1. The Morgan fingerprint density at radius 1 is 1.47 bits per heavy atom. The van der Waals surface area contributed by atoms with Crippen molar-refractivity contribution in [3.8, 4) is 0 Å². The molecule has 1 N–H and O–H groups in total. The molecule has 19 heavy (non-hydrogen) atoms. The van der Waals surface area contributed by atoms with Gasteiger partial charge in [0.2, 0.25) is 0 Å². The lowest BCUT2D eigenvalue weighted by atomic mass is 10.0. The molecule has 1 aliphatic heterocycles. The number of rotatable bonds is 4. The van der Waals surface area contributed by atoms with Gasteiger partial charge < -0.3 is 14.7 Å². The van der Waals surface area contributed by atoms with Gasteiger partial charge in [-0.05, 0) is 24.1 Å². The maximum Gasteiger partial charge on any atom is 0.306 e. The van der Waals surface area contributed by atoms with Crippen molar-refractivity contribution in [2.75, 3.05) is 31.2 Å². The number of benzene rings is 1. The molecule has 1 heterocycles. The third-order valence-corrected chi connectivity index (χ3v) is 3.33. The van der Waals surface area contributed by atoms with Gasteiger partial charge in [0.25, 0.3) is 0 Å². The monoisotopic (exact) mass is 267 g/mol. The van der Waals surface area contributed by atoms with Crippen molar-refractivity contribution in [1.29, 1.82) is 0 Å². The number of aliphatic carboxylic acids is 1. The van der Waals surface area contributed by atoms with E-state index >= 15 is 0 Å². The molecule has 0 aromatic heterocycles. The van der Waals surface area contributed by atoms with Crippen LogP contribution in [0.4, 0.5) is 10.1 Å². The Morgan fingerprint density at radius 3 is 2.74 bits per heavy atom. The van der Waals surface area contributed by atoms with Gasteiger partial charge in [0.1, 0.15) is 5.82 Å². The summed E-state index contributed by atoms with van der Waals surface area (Å²) in [4.78, 5) is 12.7. The lowest BCUT2D eigenvalue weighted by Gasteiger charge is -2.29. The second-order valence-corrected chi connectivity index (χ2v) is 4.83. The van der Waals surface area contributed by atoms with Crippen LogP contribution in [0.25, 0.3) is 0 Å². The highest BCUT2D eigenvalue weighted by Crippen LogP contribution is 2.22. The summed E-state index contributed by atoms with van der Waals surface area (Å²) in [7, 11) is 0. The number of ether oxygens (including phenoxy) is 1. The normalized spacial score (nSPS) is 17.3. The first kappa shape index (κ1) is 13.8. The van der Waals surface area contributed by atoms with E-state index in [-0.39, 0.29) is 5.82 Å². The quantitative estimate of drug-likeness (QED) is 0.905. The smallest absolute Gasteiger partial charge is 0.306 e. The Morgan fingerprint density at radius 2 is 2.16 bits per heavy atom. The number of hydrogen-bond donors (Lipinski definition) is 1. The van der Waals surface area contributed by atoms with Gasteiger partial charge >= 0.3 is 5.97 Å². The average Bonchev–Trinajstić information content (AvgIpc) is 2.39. The average molecular weight is 267 g/mol. The topological polar surface area (TPSA) is 49.8 Å². The van der Waals surface area contributed by atoms with Crippen molar-refractivity contribution in [1.82, 2.24) is 0 Å². The molecule has 0 aliphatic carbocycles. The van der Waals surface area contributed by atoms with Gasteiger partial charge in [-0.1, -0.05) is 13.0 Å². The van der Waals surface area contributed by atoms with E-state index in [0.717, 1.165) is 0 Å². The first-order chi connectivity index (χ1) is 9.08. The molecule has 0 saturated carbocycles. The van der Waals surface area contributed by atoms with E-state index in [1.54, 1.807) is 19.1 Å². The summed E-state index contributed by atoms with van der Waals surface area (Å²) in [5.41, 5.74) is 1.28. The van der Waals surface area contributed by atoms with Crippen LogP contribution in [-0.2, 0) is 16.0 Å². The molecule has 1 aromatic rings. The summed E-state index contributed by atoms with van der Waals surface area (Å²) in [6.07, 6.45) is 0.343. The van der Waals surface area contributed by atoms with Crippen LogP contribution in [-0.4, -0.2) is 37.4 Å². The van der Waals surface area contributed by atoms with E-state index in [0.29, 0.717) is 44.0 Å². The Hall–Kier alpha value is -1.62. The molecule has 0 amide bonds. The fourth-order valence-corrected chi connectivity index (χ4v) is 2.18. The first-order valence-electron chi connectivity index (χ1n) is 6.42. The SMILES string of the molecule is CC(Cc1ccc(N2CCOCC2)c(F)c1)C(=O)O. The van der Waals surface area contributed by atoms with Crippen LogP contribution in [0.1, 0.15) is 12.5 Å². The molecule has 0 spiro atoms. The first-order valence-corrected chi connectivity index (χ1v) is 6.42. The van der Waals surface area contributed by atoms with E-state index in [4.69, 9.17) is 9.84 Å². The van der Waals surface area contributed by atoms with Crippen molar-refractivity contribution in [2.45, 2.75) is 13.3 Å². The van der Waals surface area contributed by atoms with E-state index in [2.05, 4.69) is 0 Å². The summed E-state index contributed by atoms with van der Waals surface area (Å²) >= 11 is 0. The molecule has 1 atom stereocenters. The number of carbonyl (C=O) groups is 1. The lowest BCUT2D eigenvalue weighted by Crippen LogP contribution is -2.36. The zero-order chi connectivity index (χ0) is 13.8. The molecule has 104 valence electrons. The fourth-order valence-electron chi connectivity index (χ4n) is 2.18. The fraction of sp³-hybridized carbons (Fsp3) is 0.500.